The maximum Gasteiger partial charge on any atom is 0.0991 e. The molecule has 1 unspecified atom stereocenters. The van der Waals surface area contributed by atoms with Crippen LogP contribution in [0.3, 0.4) is 0 Å². The van der Waals surface area contributed by atoms with E-state index in [4.69, 9.17) is 0 Å². The van der Waals surface area contributed by atoms with Gasteiger partial charge in [0.1, 0.15) is 0 Å². The Hall–Kier alpha value is -4.87. The summed E-state index contributed by atoms with van der Waals surface area (Å²) in [6, 6.07) is 36.6. The molecule has 180 valence electrons. The van der Waals surface area contributed by atoms with E-state index in [1.165, 1.54) is 44.1 Å². The molecule has 2 aliphatic carbocycles. The molecule has 0 bridgehead atoms. The highest BCUT2D eigenvalue weighted by atomic mass is 15.0. The third-order valence-corrected chi connectivity index (χ3v) is 8.31. The molecule has 38 heavy (non-hydrogen) atoms. The van der Waals surface area contributed by atoms with E-state index in [2.05, 4.69) is 139 Å². The van der Waals surface area contributed by atoms with Gasteiger partial charge in [0, 0.05) is 27.8 Å². The van der Waals surface area contributed by atoms with Crippen LogP contribution in [-0.4, -0.2) is 4.57 Å². The third-order valence-electron chi connectivity index (χ3n) is 8.31. The Morgan fingerprint density at radius 1 is 0.737 bits per heavy atom. The summed E-state index contributed by atoms with van der Waals surface area (Å²) in [6.07, 6.45) is 13.4. The number of nitrogens with zero attached hydrogens (tertiary/aromatic N) is 2. The van der Waals surface area contributed by atoms with Gasteiger partial charge in [0.25, 0.3) is 0 Å². The van der Waals surface area contributed by atoms with Crippen LogP contribution in [-0.2, 0) is 0 Å². The highest BCUT2D eigenvalue weighted by Crippen LogP contribution is 2.55. The zero-order valence-electron chi connectivity index (χ0n) is 21.2. The van der Waals surface area contributed by atoms with Gasteiger partial charge in [-0.3, -0.25) is 0 Å². The monoisotopic (exact) mass is 486 g/mol. The van der Waals surface area contributed by atoms with E-state index in [0.717, 1.165) is 5.69 Å². The van der Waals surface area contributed by atoms with E-state index in [1.807, 2.05) is 12.1 Å². The lowest BCUT2D eigenvalue weighted by molar-refractivity contribution is 0.478. The number of fused-ring (bicyclic) bond motifs is 4. The number of nitriles is 1. The predicted molar refractivity (Wildman–Crippen MR) is 157 cm³/mol. The summed E-state index contributed by atoms with van der Waals surface area (Å²) in [5, 5.41) is 11.8. The van der Waals surface area contributed by atoms with Crippen LogP contribution in [0.25, 0.3) is 33.1 Å². The summed E-state index contributed by atoms with van der Waals surface area (Å²) in [7, 11) is 0. The van der Waals surface area contributed by atoms with Crippen LogP contribution in [0.4, 0.5) is 0 Å². The first-order valence-corrected chi connectivity index (χ1v) is 13.1. The van der Waals surface area contributed by atoms with Crippen molar-refractivity contribution in [2.24, 2.45) is 5.41 Å². The van der Waals surface area contributed by atoms with Crippen molar-refractivity contribution in [3.05, 3.63) is 156 Å². The van der Waals surface area contributed by atoms with E-state index in [0.29, 0.717) is 5.56 Å². The van der Waals surface area contributed by atoms with Crippen molar-refractivity contribution in [3.63, 3.8) is 0 Å². The van der Waals surface area contributed by atoms with Gasteiger partial charge in [0.15, 0.2) is 0 Å². The fraction of sp³-hybridized carbons (Fsp3) is 0.0833. The molecular formula is C36H26N2. The molecular weight excluding hydrogens is 460 g/mol. The van der Waals surface area contributed by atoms with Gasteiger partial charge >= 0.3 is 0 Å². The van der Waals surface area contributed by atoms with Gasteiger partial charge in [0.2, 0.25) is 0 Å². The first-order chi connectivity index (χ1) is 18.7. The molecule has 0 aliphatic heterocycles. The number of aromatic nitrogens is 1. The molecule has 7 rings (SSSR count). The Morgan fingerprint density at radius 2 is 1.39 bits per heavy atom. The topological polar surface area (TPSA) is 28.7 Å². The minimum Gasteiger partial charge on any atom is -0.309 e. The molecule has 0 fully saturated rings. The van der Waals surface area contributed by atoms with Gasteiger partial charge in [-0.25, -0.2) is 0 Å². The lowest BCUT2D eigenvalue weighted by Crippen LogP contribution is -2.31. The molecule has 0 saturated carbocycles. The van der Waals surface area contributed by atoms with Gasteiger partial charge < -0.3 is 4.57 Å². The molecule has 1 aromatic heterocycles. The number of benzene rings is 4. The lowest BCUT2D eigenvalue weighted by atomic mass is 9.59. The summed E-state index contributed by atoms with van der Waals surface area (Å²) in [5.74, 6) is 0.170. The van der Waals surface area contributed by atoms with Gasteiger partial charge in [-0.1, -0.05) is 104 Å². The second kappa shape index (κ2) is 8.61. The summed E-state index contributed by atoms with van der Waals surface area (Å²) in [6.45, 7) is 2.35. The SMILES string of the molecule is C[C@@]12C(=CC=CC1c1ccc(C#N)cc1)C=CC=C2c1ccc(-n2c3ccccc3c3ccccc32)cc1. The van der Waals surface area contributed by atoms with Crippen LogP contribution < -0.4 is 0 Å². The van der Waals surface area contributed by atoms with Gasteiger partial charge in [-0.15, -0.1) is 0 Å². The minimum atomic E-state index is -0.216. The van der Waals surface area contributed by atoms with Crippen LogP contribution in [0.5, 0.6) is 0 Å². The van der Waals surface area contributed by atoms with E-state index in [1.54, 1.807) is 0 Å². The van der Waals surface area contributed by atoms with Crippen molar-refractivity contribution in [1.29, 1.82) is 5.26 Å². The molecule has 2 aliphatic rings. The van der Waals surface area contributed by atoms with E-state index in [-0.39, 0.29) is 11.3 Å². The number of hydrogen-bond acceptors (Lipinski definition) is 1. The standard InChI is InChI=1S/C36H26N2/c1-36-28(8-6-12-32(36)26-18-16-25(24-37)17-19-26)9-7-13-33(36)27-20-22-29(23-21-27)38-34-14-4-2-10-30(34)31-11-3-5-15-35(31)38/h2-23,32H,1H3/t32?,36-/m1/s1. The largest absolute Gasteiger partial charge is 0.309 e. The average Bonchev–Trinajstić information content (AvgIpc) is 3.31. The molecule has 0 N–H and O–H groups in total. The number of hydrogen-bond donors (Lipinski definition) is 0. The van der Waals surface area contributed by atoms with Crippen LogP contribution in [0.1, 0.15) is 29.5 Å². The second-order valence-corrected chi connectivity index (χ2v) is 10.3. The van der Waals surface area contributed by atoms with Crippen LogP contribution in [0.15, 0.2) is 139 Å². The van der Waals surface area contributed by atoms with Crippen LogP contribution in [0, 0.1) is 16.7 Å². The molecule has 4 aromatic carbocycles. The molecule has 0 amide bonds. The Kier molecular flexibility index (Phi) is 5.06. The second-order valence-electron chi connectivity index (χ2n) is 10.3. The summed E-state index contributed by atoms with van der Waals surface area (Å²) in [5.41, 5.74) is 9.12. The van der Waals surface area contributed by atoms with E-state index in [9.17, 15) is 5.26 Å². The van der Waals surface area contributed by atoms with E-state index >= 15 is 0 Å². The fourth-order valence-corrected chi connectivity index (χ4v) is 6.38. The normalized spacial score (nSPS) is 20.2. The fourth-order valence-electron chi connectivity index (χ4n) is 6.38. The van der Waals surface area contributed by atoms with E-state index < -0.39 is 0 Å². The van der Waals surface area contributed by atoms with Crippen molar-refractivity contribution in [3.8, 4) is 11.8 Å². The maximum atomic E-state index is 9.28. The number of para-hydroxylation sites is 2. The third kappa shape index (κ3) is 3.26. The zero-order valence-corrected chi connectivity index (χ0v) is 21.2. The number of rotatable bonds is 3. The van der Waals surface area contributed by atoms with Gasteiger partial charge in [-0.05, 0) is 58.7 Å². The first-order valence-electron chi connectivity index (χ1n) is 13.1. The van der Waals surface area contributed by atoms with Crippen molar-refractivity contribution in [1.82, 2.24) is 4.57 Å². The van der Waals surface area contributed by atoms with Crippen molar-refractivity contribution >= 4 is 27.4 Å². The molecule has 2 heteroatoms. The Bertz CT molecular complexity index is 1820. The molecule has 2 nitrogen and oxygen atoms in total. The van der Waals surface area contributed by atoms with Crippen molar-refractivity contribution in [2.45, 2.75) is 12.8 Å². The van der Waals surface area contributed by atoms with Gasteiger partial charge in [-0.2, -0.15) is 5.26 Å². The lowest BCUT2D eigenvalue weighted by Gasteiger charge is -2.43. The Morgan fingerprint density at radius 3 is 2.05 bits per heavy atom. The smallest absolute Gasteiger partial charge is 0.0991 e. The maximum absolute atomic E-state index is 9.28. The molecule has 0 saturated heterocycles. The highest BCUT2D eigenvalue weighted by Gasteiger charge is 2.42. The first kappa shape index (κ1) is 22.3. The van der Waals surface area contributed by atoms with Crippen LogP contribution in [0.2, 0.25) is 0 Å². The number of allylic oxidation sites excluding steroid dienone is 8. The van der Waals surface area contributed by atoms with Crippen molar-refractivity contribution in [2.75, 3.05) is 0 Å². The molecule has 2 atom stereocenters. The Balaban J connectivity index is 1.33. The summed E-state index contributed by atoms with van der Waals surface area (Å²) in [4.78, 5) is 0. The summed E-state index contributed by atoms with van der Waals surface area (Å²) < 4.78 is 2.36. The average molecular weight is 487 g/mol. The van der Waals surface area contributed by atoms with Crippen LogP contribution >= 0.6 is 0 Å². The summed E-state index contributed by atoms with van der Waals surface area (Å²) >= 11 is 0. The zero-order chi connectivity index (χ0) is 25.7. The predicted octanol–water partition coefficient (Wildman–Crippen LogP) is 8.89. The molecule has 0 radical (unpaired) electrons. The molecule has 5 aromatic rings. The quantitative estimate of drug-likeness (QED) is 0.250. The molecule has 0 spiro atoms. The highest BCUT2D eigenvalue weighted by molar-refractivity contribution is 6.09. The van der Waals surface area contributed by atoms with Gasteiger partial charge in [0.05, 0.1) is 22.7 Å². The van der Waals surface area contributed by atoms with Crippen molar-refractivity contribution < 1.29 is 0 Å². The molecule has 1 heterocycles. The Labute approximate surface area is 222 Å². The minimum absolute atomic E-state index is 0.170.